The lowest BCUT2D eigenvalue weighted by molar-refractivity contribution is -0.153. The predicted octanol–water partition coefficient (Wildman–Crippen LogP) is 4.37. The number of aliphatic hydroxyl groups excluding tert-OH is 1. The van der Waals surface area contributed by atoms with Gasteiger partial charge in [-0.05, 0) is 23.8 Å². The van der Waals surface area contributed by atoms with Crippen LogP contribution in [0.3, 0.4) is 0 Å². The molecular formula is C20H17F4N3O2. The molecule has 0 fully saturated rings. The van der Waals surface area contributed by atoms with Crippen LogP contribution >= 0.6 is 0 Å². The number of rotatable bonds is 7. The maximum absolute atomic E-state index is 14.1. The molecule has 1 atom stereocenters. The first-order valence-corrected chi connectivity index (χ1v) is 8.60. The van der Waals surface area contributed by atoms with Gasteiger partial charge >= 0.3 is 6.18 Å². The molecule has 0 amide bonds. The molecule has 1 heterocycles. The normalized spacial score (nSPS) is 12.4. The molecule has 2 aromatic carbocycles. The molecule has 0 saturated carbocycles. The number of hydrogen-bond acceptors (Lipinski definition) is 5. The average Bonchev–Trinajstić information content (AvgIpc) is 2.71. The Morgan fingerprint density at radius 2 is 1.79 bits per heavy atom. The van der Waals surface area contributed by atoms with E-state index in [4.69, 9.17) is 0 Å². The topological polar surface area (TPSA) is 67.3 Å². The summed E-state index contributed by atoms with van der Waals surface area (Å²) in [6.07, 6.45) is -4.04. The van der Waals surface area contributed by atoms with Crippen molar-refractivity contribution >= 4 is 5.82 Å². The van der Waals surface area contributed by atoms with E-state index in [-0.39, 0.29) is 6.54 Å². The molecule has 3 aromatic rings. The summed E-state index contributed by atoms with van der Waals surface area (Å²) < 4.78 is 55.1. The summed E-state index contributed by atoms with van der Waals surface area (Å²) in [5, 5.41) is 13.2. The van der Waals surface area contributed by atoms with Crippen LogP contribution in [-0.4, -0.2) is 34.4 Å². The second-order valence-electron chi connectivity index (χ2n) is 6.14. The molecule has 29 heavy (non-hydrogen) atoms. The third-order valence-corrected chi connectivity index (χ3v) is 3.95. The number of alkyl halides is 3. The fraction of sp³-hybridized carbons (Fsp3) is 0.200. The minimum atomic E-state index is -4.55. The molecule has 2 N–H and O–H groups in total. The Balaban J connectivity index is 1.68. The molecule has 9 heteroatoms. The third-order valence-electron chi connectivity index (χ3n) is 3.95. The van der Waals surface area contributed by atoms with Crippen LogP contribution in [0, 0.1) is 5.82 Å². The molecule has 1 aromatic heterocycles. The highest BCUT2D eigenvalue weighted by atomic mass is 19.4. The molecule has 0 aliphatic carbocycles. The van der Waals surface area contributed by atoms with Gasteiger partial charge in [0.05, 0.1) is 11.8 Å². The van der Waals surface area contributed by atoms with Gasteiger partial charge in [0, 0.05) is 18.2 Å². The van der Waals surface area contributed by atoms with E-state index in [1.165, 1.54) is 12.4 Å². The van der Waals surface area contributed by atoms with Gasteiger partial charge in [0.1, 0.15) is 12.1 Å². The molecule has 0 spiro atoms. The first-order chi connectivity index (χ1) is 13.8. The van der Waals surface area contributed by atoms with Crippen molar-refractivity contribution in [2.45, 2.75) is 12.3 Å². The summed E-state index contributed by atoms with van der Waals surface area (Å²) in [4.78, 5) is 8.10. The number of benzene rings is 2. The molecule has 5 nitrogen and oxygen atoms in total. The van der Waals surface area contributed by atoms with Gasteiger partial charge < -0.3 is 15.2 Å². The van der Waals surface area contributed by atoms with Gasteiger partial charge in [0.25, 0.3) is 0 Å². The Hall–Kier alpha value is -3.20. The highest BCUT2D eigenvalue weighted by molar-refractivity contribution is 5.63. The Bertz CT molecular complexity index is 952. The first-order valence-electron chi connectivity index (χ1n) is 8.60. The Kier molecular flexibility index (Phi) is 6.28. The van der Waals surface area contributed by atoms with Crippen molar-refractivity contribution < 1.29 is 27.4 Å². The van der Waals surface area contributed by atoms with E-state index in [1.807, 2.05) is 18.2 Å². The Morgan fingerprint density at radius 1 is 1.03 bits per heavy atom. The van der Waals surface area contributed by atoms with Crippen LogP contribution in [0.1, 0.15) is 11.7 Å². The SMILES string of the molecule is OC(CNc1cc(-c2ccc(OCC(F)(F)F)c(F)c2)ncn1)c1ccccc1. The maximum atomic E-state index is 14.1. The number of ether oxygens (including phenoxy) is 1. The highest BCUT2D eigenvalue weighted by Crippen LogP contribution is 2.27. The van der Waals surface area contributed by atoms with Gasteiger partial charge in [0.2, 0.25) is 0 Å². The average molecular weight is 407 g/mol. The van der Waals surface area contributed by atoms with Gasteiger partial charge in [-0.3, -0.25) is 0 Å². The minimum absolute atomic E-state index is 0.193. The van der Waals surface area contributed by atoms with E-state index in [0.717, 1.165) is 17.7 Å². The second kappa shape index (κ2) is 8.87. The highest BCUT2D eigenvalue weighted by Gasteiger charge is 2.29. The van der Waals surface area contributed by atoms with E-state index in [9.17, 15) is 22.7 Å². The van der Waals surface area contributed by atoms with E-state index in [2.05, 4.69) is 20.0 Å². The molecule has 0 bridgehead atoms. The molecule has 1 unspecified atom stereocenters. The molecule has 0 aliphatic heterocycles. The number of halogens is 4. The zero-order valence-corrected chi connectivity index (χ0v) is 15.0. The number of nitrogens with one attached hydrogen (secondary N) is 1. The minimum Gasteiger partial charge on any atom is -0.481 e. The summed E-state index contributed by atoms with van der Waals surface area (Å²) in [5.74, 6) is -1.02. The summed E-state index contributed by atoms with van der Waals surface area (Å²) in [5.41, 5.74) is 1.44. The molecule has 3 rings (SSSR count). The van der Waals surface area contributed by atoms with Crippen molar-refractivity contribution in [1.82, 2.24) is 9.97 Å². The van der Waals surface area contributed by atoms with Crippen molar-refractivity contribution in [2.24, 2.45) is 0 Å². The zero-order chi connectivity index (χ0) is 20.9. The Labute approximate surface area is 164 Å². The standard InChI is InChI=1S/C20H17F4N3O2/c21-15-8-14(6-7-18(15)29-11-20(22,23)24)16-9-19(27-12-26-16)25-10-17(28)13-4-2-1-3-5-13/h1-9,12,17,28H,10-11H2,(H,25,26,27). The number of aromatic nitrogens is 2. The van der Waals surface area contributed by atoms with E-state index >= 15 is 0 Å². The van der Waals surface area contributed by atoms with Crippen LogP contribution < -0.4 is 10.1 Å². The van der Waals surface area contributed by atoms with Crippen LogP contribution in [-0.2, 0) is 0 Å². The first kappa shape index (κ1) is 20.5. The van der Waals surface area contributed by atoms with Gasteiger partial charge in [-0.25, -0.2) is 14.4 Å². The quantitative estimate of drug-likeness (QED) is 0.570. The van der Waals surface area contributed by atoms with Crippen molar-refractivity contribution in [3.8, 4) is 17.0 Å². The lowest BCUT2D eigenvalue weighted by Crippen LogP contribution is -2.19. The van der Waals surface area contributed by atoms with Crippen molar-refractivity contribution in [1.29, 1.82) is 0 Å². The van der Waals surface area contributed by atoms with Crippen molar-refractivity contribution in [2.75, 3.05) is 18.5 Å². The largest absolute Gasteiger partial charge is 0.481 e. The summed E-state index contributed by atoms with van der Waals surface area (Å²) in [6, 6.07) is 14.2. The smallest absolute Gasteiger partial charge is 0.422 e. The molecule has 0 saturated heterocycles. The number of anilines is 1. The fourth-order valence-electron chi connectivity index (χ4n) is 2.54. The van der Waals surface area contributed by atoms with Crippen LogP contribution in [0.25, 0.3) is 11.3 Å². The molecular weight excluding hydrogens is 390 g/mol. The molecule has 0 radical (unpaired) electrons. The molecule has 152 valence electrons. The summed E-state index contributed by atoms with van der Waals surface area (Å²) in [7, 11) is 0. The van der Waals surface area contributed by atoms with Crippen molar-refractivity contribution in [3.05, 3.63) is 72.3 Å². The maximum Gasteiger partial charge on any atom is 0.422 e. The third kappa shape index (κ3) is 5.89. The number of hydrogen-bond donors (Lipinski definition) is 2. The van der Waals surface area contributed by atoms with Crippen LogP contribution in [0.2, 0.25) is 0 Å². The second-order valence-corrected chi connectivity index (χ2v) is 6.14. The van der Waals surface area contributed by atoms with Crippen LogP contribution in [0.15, 0.2) is 60.9 Å². The number of nitrogens with zero attached hydrogens (tertiary/aromatic N) is 2. The van der Waals surface area contributed by atoms with Crippen molar-refractivity contribution in [3.63, 3.8) is 0 Å². The van der Waals surface area contributed by atoms with Gasteiger partial charge in [-0.2, -0.15) is 13.2 Å². The fourth-order valence-corrected chi connectivity index (χ4v) is 2.54. The molecule has 0 aliphatic rings. The van der Waals surface area contributed by atoms with E-state index < -0.39 is 30.5 Å². The number of aliphatic hydroxyl groups is 1. The van der Waals surface area contributed by atoms with Gasteiger partial charge in [0.15, 0.2) is 18.2 Å². The van der Waals surface area contributed by atoms with Gasteiger partial charge in [-0.1, -0.05) is 30.3 Å². The summed E-state index contributed by atoms with van der Waals surface area (Å²) in [6.45, 7) is -1.38. The van der Waals surface area contributed by atoms with E-state index in [1.54, 1.807) is 18.2 Å². The Morgan fingerprint density at radius 3 is 2.48 bits per heavy atom. The van der Waals surface area contributed by atoms with Crippen LogP contribution in [0.4, 0.5) is 23.4 Å². The predicted molar refractivity (Wildman–Crippen MR) is 98.9 cm³/mol. The lowest BCUT2D eigenvalue weighted by atomic mass is 10.1. The summed E-state index contributed by atoms with van der Waals surface area (Å²) >= 11 is 0. The van der Waals surface area contributed by atoms with E-state index in [0.29, 0.717) is 17.1 Å². The monoisotopic (exact) mass is 407 g/mol. The van der Waals surface area contributed by atoms with Gasteiger partial charge in [-0.15, -0.1) is 0 Å². The van der Waals surface area contributed by atoms with Crippen LogP contribution in [0.5, 0.6) is 5.75 Å². The zero-order valence-electron chi connectivity index (χ0n) is 15.0. The lowest BCUT2D eigenvalue weighted by Gasteiger charge is -2.13.